The summed E-state index contributed by atoms with van der Waals surface area (Å²) in [6, 6.07) is 4.84. The van der Waals surface area contributed by atoms with Crippen LogP contribution in [0.15, 0.2) is 29.2 Å². The number of hydrogen-bond donors (Lipinski definition) is 1. The Bertz CT molecular complexity index is 667. The van der Waals surface area contributed by atoms with Crippen LogP contribution in [0.2, 0.25) is 0 Å². The first-order valence-electron chi connectivity index (χ1n) is 6.81. The fourth-order valence-corrected chi connectivity index (χ4v) is 3.46. The van der Waals surface area contributed by atoms with Crippen molar-refractivity contribution in [3.63, 3.8) is 0 Å². The van der Waals surface area contributed by atoms with Gasteiger partial charge in [0.15, 0.2) is 4.90 Å². The lowest BCUT2D eigenvalue weighted by Gasteiger charge is -2.11. The number of benzene rings is 1. The van der Waals surface area contributed by atoms with E-state index >= 15 is 0 Å². The highest BCUT2D eigenvalue weighted by Crippen LogP contribution is 2.23. The Balaban J connectivity index is 2.04. The van der Waals surface area contributed by atoms with Gasteiger partial charge < -0.3 is 4.74 Å². The number of carbonyl (C=O) groups excluding carboxylic acids is 1. The topological polar surface area (TPSA) is 116 Å². The Morgan fingerprint density at radius 1 is 1.32 bits per heavy atom. The van der Waals surface area contributed by atoms with E-state index in [2.05, 4.69) is 0 Å². The molecule has 1 aliphatic carbocycles. The average Bonchev–Trinajstić information content (AvgIpc) is 2.98. The second-order valence-electron chi connectivity index (χ2n) is 4.97. The molecule has 0 atom stereocenters. The monoisotopic (exact) mass is 328 g/mol. The van der Waals surface area contributed by atoms with E-state index in [0.717, 1.165) is 37.8 Å². The van der Waals surface area contributed by atoms with Crippen molar-refractivity contribution in [3.8, 4) is 0 Å². The number of hydrogen-bond acceptors (Lipinski definition) is 6. The highest BCUT2D eigenvalue weighted by atomic mass is 32.2. The minimum Gasteiger partial charge on any atom is -0.368 e. The normalized spacial score (nSPS) is 15.6. The summed E-state index contributed by atoms with van der Waals surface area (Å²) in [6.45, 7) is -0.384. The van der Waals surface area contributed by atoms with E-state index < -0.39 is 31.4 Å². The van der Waals surface area contributed by atoms with Crippen molar-refractivity contribution >= 4 is 21.6 Å². The van der Waals surface area contributed by atoms with Gasteiger partial charge in [-0.3, -0.25) is 14.9 Å². The number of ether oxygens (including phenoxy) is 1. The van der Waals surface area contributed by atoms with Crippen molar-refractivity contribution in [1.29, 1.82) is 0 Å². The third kappa shape index (κ3) is 4.01. The van der Waals surface area contributed by atoms with Gasteiger partial charge in [-0.1, -0.05) is 25.0 Å². The summed E-state index contributed by atoms with van der Waals surface area (Å²) in [6.07, 6.45) is 3.73. The van der Waals surface area contributed by atoms with Crippen LogP contribution in [0.3, 0.4) is 0 Å². The maximum atomic E-state index is 12.1. The van der Waals surface area contributed by atoms with Crippen LogP contribution in [0, 0.1) is 10.1 Å². The first-order chi connectivity index (χ1) is 10.4. The molecule has 0 radical (unpaired) electrons. The van der Waals surface area contributed by atoms with Gasteiger partial charge in [-0.25, -0.2) is 13.1 Å². The SMILES string of the molecule is O=C(COC1CCCC1)NS(=O)(=O)c1ccccc1[N+](=O)[O-]. The predicted octanol–water partition coefficient (Wildman–Crippen LogP) is 1.36. The Labute approximate surface area is 127 Å². The Morgan fingerprint density at radius 3 is 2.59 bits per heavy atom. The van der Waals surface area contributed by atoms with Crippen LogP contribution in [0.1, 0.15) is 25.7 Å². The van der Waals surface area contributed by atoms with Gasteiger partial charge in [0, 0.05) is 6.07 Å². The Hall–Kier alpha value is -2.00. The van der Waals surface area contributed by atoms with Crippen LogP contribution in [0.5, 0.6) is 0 Å². The second-order valence-corrected chi connectivity index (χ2v) is 6.62. The fraction of sp³-hybridized carbons (Fsp3) is 0.462. The van der Waals surface area contributed by atoms with Crippen molar-refractivity contribution < 1.29 is 22.9 Å². The van der Waals surface area contributed by atoms with Gasteiger partial charge in [-0.2, -0.15) is 0 Å². The molecule has 9 heteroatoms. The van der Waals surface area contributed by atoms with Crippen LogP contribution in [-0.2, 0) is 19.6 Å². The first-order valence-corrected chi connectivity index (χ1v) is 8.29. The van der Waals surface area contributed by atoms with Gasteiger partial charge in [-0.15, -0.1) is 0 Å². The van der Waals surface area contributed by atoms with E-state index in [-0.39, 0.29) is 12.7 Å². The molecule has 120 valence electrons. The van der Waals surface area contributed by atoms with Crippen LogP contribution in [0.4, 0.5) is 5.69 Å². The lowest BCUT2D eigenvalue weighted by Crippen LogP contribution is -2.34. The lowest BCUT2D eigenvalue weighted by atomic mass is 10.3. The quantitative estimate of drug-likeness (QED) is 0.622. The van der Waals surface area contributed by atoms with Crippen LogP contribution in [0.25, 0.3) is 0 Å². The van der Waals surface area contributed by atoms with Crippen LogP contribution < -0.4 is 4.72 Å². The van der Waals surface area contributed by atoms with Gasteiger partial charge in [0.2, 0.25) is 0 Å². The molecule has 0 saturated heterocycles. The third-order valence-corrected chi connectivity index (χ3v) is 4.77. The molecule has 1 amide bonds. The zero-order valence-corrected chi connectivity index (χ0v) is 12.5. The number of sulfonamides is 1. The first kappa shape index (κ1) is 16.4. The summed E-state index contributed by atoms with van der Waals surface area (Å²) in [4.78, 5) is 21.2. The number of rotatable bonds is 6. The number of nitro benzene ring substituents is 1. The maximum absolute atomic E-state index is 12.1. The molecule has 0 aromatic heterocycles. The second kappa shape index (κ2) is 6.84. The third-order valence-electron chi connectivity index (χ3n) is 3.35. The fourth-order valence-electron chi connectivity index (χ4n) is 2.32. The molecule has 0 bridgehead atoms. The molecule has 1 aromatic rings. The smallest absolute Gasteiger partial charge is 0.289 e. The predicted molar refractivity (Wildman–Crippen MR) is 76.6 cm³/mol. The number of amides is 1. The number of carbonyl (C=O) groups is 1. The minimum absolute atomic E-state index is 0.0282. The van der Waals surface area contributed by atoms with Crippen molar-refractivity contribution in [2.75, 3.05) is 6.61 Å². The number of nitrogens with one attached hydrogen (secondary N) is 1. The van der Waals surface area contributed by atoms with Gasteiger partial charge in [0.05, 0.1) is 11.0 Å². The average molecular weight is 328 g/mol. The molecule has 0 heterocycles. The molecule has 22 heavy (non-hydrogen) atoms. The van der Waals surface area contributed by atoms with Crippen LogP contribution in [-0.4, -0.2) is 32.0 Å². The highest BCUT2D eigenvalue weighted by Gasteiger charge is 2.27. The molecule has 0 unspecified atom stereocenters. The van der Waals surface area contributed by atoms with Crippen molar-refractivity contribution in [3.05, 3.63) is 34.4 Å². The molecular weight excluding hydrogens is 312 g/mol. The summed E-state index contributed by atoms with van der Waals surface area (Å²) in [5.74, 6) is -0.843. The molecule has 1 saturated carbocycles. The molecule has 0 spiro atoms. The van der Waals surface area contributed by atoms with Gasteiger partial charge in [0.25, 0.3) is 21.6 Å². The largest absolute Gasteiger partial charge is 0.368 e. The zero-order valence-electron chi connectivity index (χ0n) is 11.7. The van der Waals surface area contributed by atoms with E-state index in [1.54, 1.807) is 4.72 Å². The molecule has 0 aliphatic heterocycles. The van der Waals surface area contributed by atoms with Gasteiger partial charge in [-0.05, 0) is 18.9 Å². The molecule has 8 nitrogen and oxygen atoms in total. The standard InChI is InChI=1S/C13H16N2O6S/c16-13(9-21-10-5-1-2-6-10)14-22(19,20)12-8-4-3-7-11(12)15(17)18/h3-4,7-8,10H,1-2,5-6,9H2,(H,14,16). The van der Waals surface area contributed by atoms with E-state index in [4.69, 9.17) is 4.74 Å². The van der Waals surface area contributed by atoms with E-state index in [0.29, 0.717) is 0 Å². The van der Waals surface area contributed by atoms with Crippen LogP contribution >= 0.6 is 0 Å². The summed E-state index contributed by atoms with van der Waals surface area (Å²) in [5, 5.41) is 10.9. The van der Waals surface area contributed by atoms with E-state index in [1.165, 1.54) is 12.1 Å². The van der Waals surface area contributed by atoms with E-state index in [9.17, 15) is 23.3 Å². The Kier molecular flexibility index (Phi) is 5.09. The van der Waals surface area contributed by atoms with Crippen molar-refractivity contribution in [2.24, 2.45) is 0 Å². The lowest BCUT2D eigenvalue weighted by molar-refractivity contribution is -0.387. The zero-order chi connectivity index (χ0) is 16.2. The van der Waals surface area contributed by atoms with E-state index in [1.807, 2.05) is 0 Å². The minimum atomic E-state index is -4.30. The highest BCUT2D eigenvalue weighted by molar-refractivity contribution is 7.90. The number of nitro groups is 1. The molecule has 2 rings (SSSR count). The van der Waals surface area contributed by atoms with Gasteiger partial charge in [0.1, 0.15) is 6.61 Å². The molecular formula is C13H16N2O6S. The molecule has 1 aliphatic rings. The summed E-state index contributed by atoms with van der Waals surface area (Å²) in [5.41, 5.74) is -0.584. The summed E-state index contributed by atoms with van der Waals surface area (Å²) < 4.78 is 31.3. The summed E-state index contributed by atoms with van der Waals surface area (Å²) >= 11 is 0. The number of para-hydroxylation sites is 1. The summed E-state index contributed by atoms with van der Waals surface area (Å²) in [7, 11) is -4.30. The van der Waals surface area contributed by atoms with Gasteiger partial charge >= 0.3 is 0 Å². The molecule has 1 fully saturated rings. The maximum Gasteiger partial charge on any atom is 0.289 e. The number of nitrogens with zero attached hydrogens (tertiary/aromatic N) is 1. The van der Waals surface area contributed by atoms with Crippen molar-refractivity contribution in [2.45, 2.75) is 36.7 Å². The Morgan fingerprint density at radius 2 is 1.95 bits per heavy atom. The van der Waals surface area contributed by atoms with Crippen molar-refractivity contribution in [1.82, 2.24) is 4.72 Å². The molecule has 1 N–H and O–H groups in total. The molecule has 1 aromatic carbocycles.